The molecule has 0 spiro atoms. The quantitative estimate of drug-likeness (QED) is 0.658. The first kappa shape index (κ1) is 15.4. The maximum atomic E-state index is 11.5. The topological polar surface area (TPSA) is 86.5 Å². The number of nitrogens with two attached hydrogens (primary N) is 1. The summed E-state index contributed by atoms with van der Waals surface area (Å²) in [5.74, 6) is -0.515. The number of esters is 1. The lowest BCUT2D eigenvalue weighted by Gasteiger charge is -2.08. The first-order valence-electron chi connectivity index (χ1n) is 5.85. The van der Waals surface area contributed by atoms with E-state index in [1.165, 1.54) is 18.2 Å². The van der Waals surface area contributed by atoms with Crippen molar-refractivity contribution in [2.75, 3.05) is 0 Å². The van der Waals surface area contributed by atoms with E-state index < -0.39 is 16.0 Å². The van der Waals surface area contributed by atoms with Crippen molar-refractivity contribution in [3.8, 4) is 0 Å². The van der Waals surface area contributed by atoms with Crippen LogP contribution in [0.15, 0.2) is 35.2 Å². The lowest BCUT2D eigenvalue weighted by molar-refractivity contribution is -0.142. The summed E-state index contributed by atoms with van der Waals surface area (Å²) in [6, 6.07) is 6.17. The number of carbonyl (C=O) groups excluding carboxylic acids is 1. The molecule has 0 radical (unpaired) electrons. The number of rotatable bonds is 5. The van der Waals surface area contributed by atoms with Crippen LogP contribution >= 0.6 is 0 Å². The van der Waals surface area contributed by atoms with Crippen LogP contribution < -0.4 is 5.14 Å². The van der Waals surface area contributed by atoms with Crippen LogP contribution in [0.2, 0.25) is 0 Å². The first-order valence-corrected chi connectivity index (χ1v) is 7.39. The predicted octanol–water partition coefficient (Wildman–Crippen LogP) is 1.69. The van der Waals surface area contributed by atoms with Crippen molar-refractivity contribution in [3.05, 3.63) is 35.9 Å². The van der Waals surface area contributed by atoms with Crippen molar-refractivity contribution in [3.63, 3.8) is 0 Å². The minimum Gasteiger partial charge on any atom is -0.460 e. The Kier molecular flexibility index (Phi) is 5.26. The molecule has 1 atom stereocenters. The van der Waals surface area contributed by atoms with Gasteiger partial charge in [-0.2, -0.15) is 0 Å². The smallest absolute Gasteiger partial charge is 0.331 e. The van der Waals surface area contributed by atoms with Crippen LogP contribution in [0.4, 0.5) is 0 Å². The summed E-state index contributed by atoms with van der Waals surface area (Å²) in [6.07, 6.45) is 3.11. The number of benzene rings is 1. The molecule has 1 rings (SSSR count). The van der Waals surface area contributed by atoms with E-state index >= 15 is 0 Å². The van der Waals surface area contributed by atoms with E-state index in [4.69, 9.17) is 9.88 Å². The Balaban J connectivity index is 2.92. The van der Waals surface area contributed by atoms with Crippen LogP contribution in [0.3, 0.4) is 0 Å². The zero-order chi connectivity index (χ0) is 14.5. The number of ether oxygens (including phenoxy) is 1. The molecular weight excluding hydrogens is 266 g/mol. The molecule has 0 aliphatic carbocycles. The van der Waals surface area contributed by atoms with E-state index in [1.54, 1.807) is 25.1 Å². The molecule has 0 aliphatic heterocycles. The molecule has 0 aliphatic rings. The van der Waals surface area contributed by atoms with Crippen molar-refractivity contribution in [1.29, 1.82) is 0 Å². The molecule has 1 aromatic rings. The van der Waals surface area contributed by atoms with Crippen molar-refractivity contribution in [1.82, 2.24) is 0 Å². The monoisotopic (exact) mass is 283 g/mol. The number of hydrogen-bond acceptors (Lipinski definition) is 4. The Hall–Kier alpha value is -1.66. The van der Waals surface area contributed by atoms with Crippen molar-refractivity contribution in [2.45, 2.75) is 31.3 Å². The van der Waals surface area contributed by atoms with Gasteiger partial charge in [-0.3, -0.25) is 0 Å². The molecule has 5 nitrogen and oxygen atoms in total. The second kappa shape index (κ2) is 6.49. The summed E-state index contributed by atoms with van der Waals surface area (Å²) in [5, 5.41) is 5.09. The highest BCUT2D eigenvalue weighted by molar-refractivity contribution is 7.89. The van der Waals surface area contributed by atoms with Gasteiger partial charge in [-0.05, 0) is 31.1 Å². The van der Waals surface area contributed by atoms with E-state index in [0.717, 1.165) is 0 Å². The van der Waals surface area contributed by atoms with Gasteiger partial charge < -0.3 is 4.74 Å². The van der Waals surface area contributed by atoms with E-state index in [-0.39, 0.29) is 11.0 Å². The van der Waals surface area contributed by atoms with Gasteiger partial charge in [0.05, 0.1) is 11.0 Å². The van der Waals surface area contributed by atoms with E-state index in [9.17, 15) is 13.2 Å². The number of primary sulfonamides is 1. The molecule has 6 heteroatoms. The lowest BCUT2D eigenvalue weighted by atomic mass is 10.2. The molecule has 0 bridgehead atoms. The molecule has 104 valence electrons. The van der Waals surface area contributed by atoms with Gasteiger partial charge in [0, 0.05) is 6.08 Å². The standard InChI is InChI=1S/C13H17NO4S/c1-3-10(2)18-13(15)9-8-11-6-4-5-7-12(11)19(14,16)17/h4-10H,3H2,1-2H3,(H2,14,16,17)/b9-8+. The molecule has 0 saturated carbocycles. The summed E-state index contributed by atoms with van der Waals surface area (Å²) >= 11 is 0. The fourth-order valence-corrected chi connectivity index (χ4v) is 2.09. The van der Waals surface area contributed by atoms with Gasteiger partial charge in [0.25, 0.3) is 0 Å². The van der Waals surface area contributed by atoms with Gasteiger partial charge in [-0.15, -0.1) is 0 Å². The third kappa shape index (κ3) is 4.84. The summed E-state index contributed by atoms with van der Waals surface area (Å²) < 4.78 is 27.7. The van der Waals surface area contributed by atoms with Crippen LogP contribution in [-0.4, -0.2) is 20.5 Å². The normalized spacial score (nSPS) is 13.4. The van der Waals surface area contributed by atoms with Crippen LogP contribution in [0.5, 0.6) is 0 Å². The third-order valence-corrected chi connectivity index (χ3v) is 3.50. The zero-order valence-corrected chi connectivity index (χ0v) is 11.7. The Labute approximate surface area is 113 Å². The molecule has 19 heavy (non-hydrogen) atoms. The molecule has 0 heterocycles. The fourth-order valence-electron chi connectivity index (χ4n) is 1.36. The summed E-state index contributed by atoms with van der Waals surface area (Å²) in [7, 11) is -3.81. The Morgan fingerprint density at radius 3 is 2.63 bits per heavy atom. The molecular formula is C13H17NO4S. The maximum absolute atomic E-state index is 11.5. The summed E-state index contributed by atoms with van der Waals surface area (Å²) in [6.45, 7) is 3.68. The molecule has 2 N–H and O–H groups in total. The molecule has 0 aromatic heterocycles. The number of carbonyl (C=O) groups is 1. The second-order valence-corrected chi connectivity index (χ2v) is 5.60. The van der Waals surface area contributed by atoms with Gasteiger partial charge >= 0.3 is 5.97 Å². The Bertz CT molecular complexity index is 578. The minimum atomic E-state index is -3.81. The van der Waals surface area contributed by atoms with Gasteiger partial charge in [-0.25, -0.2) is 18.4 Å². The van der Waals surface area contributed by atoms with Crippen LogP contribution in [0.1, 0.15) is 25.8 Å². The molecule has 0 fully saturated rings. The van der Waals surface area contributed by atoms with E-state index in [0.29, 0.717) is 12.0 Å². The Morgan fingerprint density at radius 2 is 2.05 bits per heavy atom. The fraction of sp³-hybridized carbons (Fsp3) is 0.308. The number of sulfonamides is 1. The van der Waals surface area contributed by atoms with Crippen LogP contribution in [0, 0.1) is 0 Å². The average Bonchev–Trinajstić information content (AvgIpc) is 2.35. The highest BCUT2D eigenvalue weighted by Crippen LogP contribution is 2.15. The van der Waals surface area contributed by atoms with Crippen LogP contribution in [0.25, 0.3) is 6.08 Å². The largest absolute Gasteiger partial charge is 0.460 e. The van der Waals surface area contributed by atoms with E-state index in [2.05, 4.69) is 0 Å². The lowest BCUT2D eigenvalue weighted by Crippen LogP contribution is -2.14. The van der Waals surface area contributed by atoms with Gasteiger partial charge in [0.15, 0.2) is 0 Å². The molecule has 1 unspecified atom stereocenters. The molecule has 0 saturated heterocycles. The molecule has 0 amide bonds. The predicted molar refractivity (Wildman–Crippen MR) is 72.7 cm³/mol. The van der Waals surface area contributed by atoms with Gasteiger partial charge in [0.1, 0.15) is 0 Å². The summed E-state index contributed by atoms with van der Waals surface area (Å²) in [5.41, 5.74) is 0.353. The van der Waals surface area contributed by atoms with Crippen LogP contribution in [-0.2, 0) is 19.6 Å². The van der Waals surface area contributed by atoms with Gasteiger partial charge in [0.2, 0.25) is 10.0 Å². The number of hydrogen-bond donors (Lipinski definition) is 1. The van der Waals surface area contributed by atoms with Crippen molar-refractivity contribution >= 4 is 22.1 Å². The average molecular weight is 283 g/mol. The first-order chi connectivity index (χ1) is 8.84. The second-order valence-electron chi connectivity index (χ2n) is 4.07. The SMILES string of the molecule is CCC(C)OC(=O)/C=C/c1ccccc1S(N)(=O)=O. The highest BCUT2D eigenvalue weighted by atomic mass is 32.2. The van der Waals surface area contributed by atoms with Gasteiger partial charge in [-0.1, -0.05) is 25.1 Å². The zero-order valence-electron chi connectivity index (χ0n) is 10.9. The van der Waals surface area contributed by atoms with Crippen molar-refractivity contribution < 1.29 is 17.9 Å². The van der Waals surface area contributed by atoms with Crippen molar-refractivity contribution in [2.24, 2.45) is 5.14 Å². The maximum Gasteiger partial charge on any atom is 0.331 e. The molecule has 1 aromatic carbocycles. The minimum absolute atomic E-state index is 0.0254. The summed E-state index contributed by atoms with van der Waals surface area (Å²) in [4.78, 5) is 11.4. The Morgan fingerprint density at radius 1 is 1.42 bits per heavy atom. The highest BCUT2D eigenvalue weighted by Gasteiger charge is 2.11. The van der Waals surface area contributed by atoms with E-state index in [1.807, 2.05) is 6.92 Å². The third-order valence-electron chi connectivity index (χ3n) is 2.52.